The highest BCUT2D eigenvalue weighted by Gasteiger charge is 2.20. The van der Waals surface area contributed by atoms with Crippen molar-refractivity contribution in [3.63, 3.8) is 0 Å². The third-order valence-corrected chi connectivity index (χ3v) is 4.79. The zero-order valence-corrected chi connectivity index (χ0v) is 15.3. The third-order valence-electron chi connectivity index (χ3n) is 3.81. The number of aldehydes is 1. The fourth-order valence-electron chi connectivity index (χ4n) is 2.47. The van der Waals surface area contributed by atoms with E-state index >= 15 is 0 Å². The van der Waals surface area contributed by atoms with Gasteiger partial charge in [0.05, 0.1) is 11.5 Å². The van der Waals surface area contributed by atoms with Gasteiger partial charge in [-0.2, -0.15) is 0 Å². The maximum absolute atomic E-state index is 12.1. The molecule has 0 spiro atoms. The largest absolute Gasteiger partial charge is 0.493 e. The van der Waals surface area contributed by atoms with Crippen molar-refractivity contribution < 1.29 is 17.9 Å². The first-order valence-corrected chi connectivity index (χ1v) is 9.67. The van der Waals surface area contributed by atoms with E-state index < -0.39 is 10.0 Å². The minimum Gasteiger partial charge on any atom is -0.493 e. The summed E-state index contributed by atoms with van der Waals surface area (Å²) >= 11 is 0. The molecular formula is C19H23NO4S. The highest BCUT2D eigenvalue weighted by Crippen LogP contribution is 2.30. The molecule has 134 valence electrons. The van der Waals surface area contributed by atoms with Crippen LogP contribution in [0.1, 0.15) is 41.8 Å². The molecule has 2 N–H and O–H groups in total. The quantitative estimate of drug-likeness (QED) is 0.732. The first-order chi connectivity index (χ1) is 11.8. The summed E-state index contributed by atoms with van der Waals surface area (Å²) < 4.78 is 29.9. The molecule has 6 heteroatoms. The van der Waals surface area contributed by atoms with Crippen LogP contribution in [0.15, 0.2) is 47.4 Å². The predicted molar refractivity (Wildman–Crippen MR) is 97.4 cm³/mol. The lowest BCUT2D eigenvalue weighted by atomic mass is 10.0. The van der Waals surface area contributed by atoms with Crippen molar-refractivity contribution in [3.8, 4) is 5.75 Å². The summed E-state index contributed by atoms with van der Waals surface area (Å²) in [6, 6.07) is 12.3. The monoisotopic (exact) mass is 361 g/mol. The second kappa shape index (κ2) is 8.27. The van der Waals surface area contributed by atoms with Gasteiger partial charge in [0.15, 0.2) is 0 Å². The van der Waals surface area contributed by atoms with Gasteiger partial charge in [-0.15, -0.1) is 0 Å². The number of carbonyl (C=O) groups is 1. The van der Waals surface area contributed by atoms with Crippen LogP contribution in [0.25, 0.3) is 0 Å². The molecule has 0 amide bonds. The van der Waals surface area contributed by atoms with E-state index in [1.165, 1.54) is 6.07 Å². The second-order valence-corrected chi connectivity index (χ2v) is 7.88. The number of ether oxygens (including phenoxy) is 1. The number of benzene rings is 2. The molecule has 0 radical (unpaired) electrons. The van der Waals surface area contributed by atoms with Gasteiger partial charge >= 0.3 is 0 Å². The molecule has 0 bridgehead atoms. The van der Waals surface area contributed by atoms with Crippen LogP contribution in [0.4, 0.5) is 0 Å². The Kier molecular flexibility index (Phi) is 6.33. The number of rotatable bonds is 8. The van der Waals surface area contributed by atoms with Gasteiger partial charge in [0.25, 0.3) is 0 Å². The minimum absolute atomic E-state index is 0.0690. The normalized spacial score (nSPS) is 11.5. The number of hydrogen-bond acceptors (Lipinski definition) is 4. The van der Waals surface area contributed by atoms with Gasteiger partial charge in [0.1, 0.15) is 12.0 Å². The van der Waals surface area contributed by atoms with E-state index in [0.29, 0.717) is 36.5 Å². The van der Waals surface area contributed by atoms with Crippen molar-refractivity contribution in [3.05, 3.63) is 59.2 Å². The van der Waals surface area contributed by atoms with Gasteiger partial charge in [0, 0.05) is 17.5 Å². The Bertz CT molecular complexity index is 830. The molecule has 2 rings (SSSR count). The van der Waals surface area contributed by atoms with E-state index in [9.17, 15) is 13.2 Å². The summed E-state index contributed by atoms with van der Waals surface area (Å²) in [4.78, 5) is 11.1. The number of hydrogen-bond donors (Lipinski definition) is 1. The maximum Gasteiger partial charge on any atom is 0.238 e. The van der Waals surface area contributed by atoms with E-state index in [-0.39, 0.29) is 10.5 Å². The summed E-state index contributed by atoms with van der Waals surface area (Å²) in [6.45, 7) is 4.59. The molecule has 2 aromatic carbocycles. The Balaban J connectivity index is 2.51. The van der Waals surface area contributed by atoms with Crippen molar-refractivity contribution in [2.24, 2.45) is 11.1 Å². The minimum atomic E-state index is -3.99. The Morgan fingerprint density at radius 2 is 1.84 bits per heavy atom. The van der Waals surface area contributed by atoms with E-state index in [1.807, 2.05) is 30.3 Å². The van der Waals surface area contributed by atoms with E-state index in [4.69, 9.17) is 9.88 Å². The van der Waals surface area contributed by atoms with Gasteiger partial charge in [-0.05, 0) is 30.0 Å². The number of sulfonamides is 1. The lowest BCUT2D eigenvalue weighted by Crippen LogP contribution is -2.17. The molecule has 0 fully saturated rings. The molecule has 25 heavy (non-hydrogen) atoms. The highest BCUT2D eigenvalue weighted by atomic mass is 32.2. The Hall–Kier alpha value is -2.18. The van der Waals surface area contributed by atoms with Crippen LogP contribution < -0.4 is 9.88 Å². The fraction of sp³-hybridized carbons (Fsp3) is 0.316. The molecule has 5 nitrogen and oxygen atoms in total. The lowest BCUT2D eigenvalue weighted by Gasteiger charge is -2.16. The smallest absolute Gasteiger partial charge is 0.238 e. The molecule has 0 aliphatic heterocycles. The molecule has 0 aliphatic carbocycles. The standard InChI is InChI=1S/C19H23NO4S/c1-14(2)8-9-24-18-11-16(13-21)12-19(25(20,22)23)17(18)10-15-6-4-3-5-7-15/h3-7,11-14H,8-10H2,1-2H3,(H2,20,22,23). The van der Waals surface area contributed by atoms with Crippen LogP contribution >= 0.6 is 0 Å². The van der Waals surface area contributed by atoms with Crippen LogP contribution in [-0.4, -0.2) is 21.3 Å². The first kappa shape index (κ1) is 19.1. The van der Waals surface area contributed by atoms with E-state index in [0.717, 1.165) is 12.0 Å². The highest BCUT2D eigenvalue weighted by molar-refractivity contribution is 7.89. The van der Waals surface area contributed by atoms with Crippen molar-refractivity contribution in [2.45, 2.75) is 31.6 Å². The molecule has 2 aromatic rings. The molecule has 0 saturated heterocycles. The summed E-state index contributed by atoms with van der Waals surface area (Å²) in [5, 5.41) is 5.38. The molecule has 0 unspecified atom stereocenters. The van der Waals surface area contributed by atoms with Crippen molar-refractivity contribution in [1.82, 2.24) is 0 Å². The van der Waals surface area contributed by atoms with Crippen LogP contribution in [0.3, 0.4) is 0 Å². The Morgan fingerprint density at radius 3 is 2.40 bits per heavy atom. The average molecular weight is 361 g/mol. The molecule has 0 atom stereocenters. The third kappa shape index (κ3) is 5.41. The van der Waals surface area contributed by atoms with Crippen molar-refractivity contribution in [2.75, 3.05) is 6.61 Å². The van der Waals surface area contributed by atoms with Crippen LogP contribution in [-0.2, 0) is 16.4 Å². The maximum atomic E-state index is 12.1. The van der Waals surface area contributed by atoms with Gasteiger partial charge in [-0.3, -0.25) is 4.79 Å². The topological polar surface area (TPSA) is 86.5 Å². The zero-order chi connectivity index (χ0) is 18.4. The summed E-state index contributed by atoms with van der Waals surface area (Å²) in [6.07, 6.45) is 1.76. The summed E-state index contributed by atoms with van der Waals surface area (Å²) in [5.74, 6) is 0.836. The number of nitrogens with two attached hydrogens (primary N) is 1. The molecule has 0 aromatic heterocycles. The van der Waals surface area contributed by atoms with Gasteiger partial charge < -0.3 is 4.74 Å². The van der Waals surface area contributed by atoms with Gasteiger partial charge in [0.2, 0.25) is 10.0 Å². The Morgan fingerprint density at radius 1 is 1.16 bits per heavy atom. The zero-order valence-electron chi connectivity index (χ0n) is 14.4. The first-order valence-electron chi connectivity index (χ1n) is 8.13. The molecular weight excluding hydrogens is 338 g/mol. The number of carbonyl (C=O) groups excluding carboxylic acids is 1. The molecule has 0 aliphatic rings. The number of primary sulfonamides is 1. The fourth-order valence-corrected chi connectivity index (χ4v) is 3.29. The van der Waals surface area contributed by atoms with Crippen LogP contribution in [0.5, 0.6) is 5.75 Å². The average Bonchev–Trinajstić information content (AvgIpc) is 2.55. The lowest BCUT2D eigenvalue weighted by molar-refractivity contribution is 0.112. The van der Waals surface area contributed by atoms with Crippen molar-refractivity contribution in [1.29, 1.82) is 0 Å². The molecule has 0 saturated carbocycles. The second-order valence-electron chi connectivity index (χ2n) is 6.35. The van der Waals surface area contributed by atoms with Gasteiger partial charge in [-0.1, -0.05) is 44.2 Å². The summed E-state index contributed by atoms with van der Waals surface area (Å²) in [7, 11) is -3.99. The Labute approximate surface area is 148 Å². The molecule has 0 heterocycles. The predicted octanol–water partition coefficient (Wildman–Crippen LogP) is 3.16. The SMILES string of the molecule is CC(C)CCOc1cc(C=O)cc(S(N)(=O)=O)c1Cc1ccccc1. The summed E-state index contributed by atoms with van der Waals surface area (Å²) in [5.41, 5.74) is 1.63. The van der Waals surface area contributed by atoms with Crippen LogP contribution in [0.2, 0.25) is 0 Å². The van der Waals surface area contributed by atoms with E-state index in [1.54, 1.807) is 6.07 Å². The van der Waals surface area contributed by atoms with E-state index in [2.05, 4.69) is 13.8 Å². The van der Waals surface area contributed by atoms with Crippen LogP contribution in [0, 0.1) is 5.92 Å². The van der Waals surface area contributed by atoms with Gasteiger partial charge in [-0.25, -0.2) is 13.6 Å². The van der Waals surface area contributed by atoms with Crippen molar-refractivity contribution >= 4 is 16.3 Å².